The molecule has 0 bridgehead atoms. The highest BCUT2D eigenvalue weighted by molar-refractivity contribution is 5.81. The minimum Gasteiger partial charge on any atom is -0.368 e. The number of nitrogens with two attached hydrogens (primary N) is 2. The van der Waals surface area contributed by atoms with Gasteiger partial charge in [0.05, 0.1) is 11.6 Å². The average molecular weight is 258 g/mol. The van der Waals surface area contributed by atoms with Crippen molar-refractivity contribution in [1.29, 1.82) is 0 Å². The van der Waals surface area contributed by atoms with Crippen molar-refractivity contribution in [1.82, 2.24) is 10.3 Å². The molecule has 5 nitrogen and oxygen atoms in total. The predicted octanol–water partition coefficient (Wildman–Crippen LogP) is 0.180. The number of nitrogens with zero attached hydrogens (tertiary/aromatic N) is 1. The Morgan fingerprint density at radius 2 is 2.11 bits per heavy atom. The van der Waals surface area contributed by atoms with E-state index in [9.17, 15) is 4.79 Å². The van der Waals surface area contributed by atoms with E-state index in [-0.39, 0.29) is 0 Å². The third-order valence-electron chi connectivity index (χ3n) is 3.02. The van der Waals surface area contributed by atoms with E-state index >= 15 is 0 Å². The standard InChI is InChI=1S/C14H18N4O/c15-12(14(16)19)9-17-8-6-11-4-1-3-10-5-2-7-18-13(10)11/h1-5,7,12,17H,6,8-9,15H2,(H2,16,19). The number of benzene rings is 1. The van der Waals surface area contributed by atoms with Crippen molar-refractivity contribution in [2.75, 3.05) is 13.1 Å². The number of hydrogen-bond donors (Lipinski definition) is 3. The smallest absolute Gasteiger partial charge is 0.235 e. The monoisotopic (exact) mass is 258 g/mol. The van der Waals surface area contributed by atoms with Gasteiger partial charge in [0, 0.05) is 18.1 Å². The highest BCUT2D eigenvalue weighted by Crippen LogP contribution is 2.15. The first-order valence-electron chi connectivity index (χ1n) is 6.26. The molecule has 100 valence electrons. The molecular weight excluding hydrogens is 240 g/mol. The molecule has 1 unspecified atom stereocenters. The Labute approximate surface area is 112 Å². The SMILES string of the molecule is NC(=O)C(N)CNCCc1cccc2cccnc12. The van der Waals surface area contributed by atoms with Gasteiger partial charge in [-0.2, -0.15) is 0 Å². The Kier molecular flexibility index (Phi) is 4.43. The number of para-hydroxylation sites is 1. The number of carbonyl (C=O) groups is 1. The molecule has 0 fully saturated rings. The fourth-order valence-corrected chi connectivity index (χ4v) is 1.95. The molecule has 2 rings (SSSR count). The molecular formula is C14H18N4O. The number of hydrogen-bond acceptors (Lipinski definition) is 4. The maximum atomic E-state index is 10.8. The molecule has 0 aliphatic rings. The van der Waals surface area contributed by atoms with Crippen LogP contribution in [0.4, 0.5) is 0 Å². The van der Waals surface area contributed by atoms with Gasteiger partial charge in [-0.1, -0.05) is 24.3 Å². The number of amides is 1. The van der Waals surface area contributed by atoms with Crippen LogP contribution in [-0.2, 0) is 11.2 Å². The molecule has 0 aliphatic carbocycles. The number of nitrogens with one attached hydrogen (secondary N) is 1. The molecule has 0 spiro atoms. The minimum atomic E-state index is -0.634. The summed E-state index contributed by atoms with van der Waals surface area (Å²) < 4.78 is 0. The van der Waals surface area contributed by atoms with Gasteiger partial charge in [0.15, 0.2) is 0 Å². The second-order valence-electron chi connectivity index (χ2n) is 4.46. The van der Waals surface area contributed by atoms with E-state index in [0.717, 1.165) is 23.9 Å². The maximum absolute atomic E-state index is 10.8. The van der Waals surface area contributed by atoms with Gasteiger partial charge in [-0.05, 0) is 24.6 Å². The highest BCUT2D eigenvalue weighted by atomic mass is 16.1. The van der Waals surface area contributed by atoms with Crippen LogP contribution >= 0.6 is 0 Å². The molecule has 1 atom stereocenters. The lowest BCUT2D eigenvalue weighted by Crippen LogP contribution is -2.44. The maximum Gasteiger partial charge on any atom is 0.235 e. The van der Waals surface area contributed by atoms with Crippen molar-refractivity contribution < 1.29 is 4.79 Å². The molecule has 1 aromatic heterocycles. The molecule has 19 heavy (non-hydrogen) atoms. The molecule has 1 amide bonds. The van der Waals surface area contributed by atoms with E-state index in [4.69, 9.17) is 11.5 Å². The second kappa shape index (κ2) is 6.26. The Hall–Kier alpha value is -1.98. The zero-order chi connectivity index (χ0) is 13.7. The summed E-state index contributed by atoms with van der Waals surface area (Å²) in [6.07, 6.45) is 2.63. The fourth-order valence-electron chi connectivity index (χ4n) is 1.95. The molecule has 0 saturated heterocycles. The van der Waals surface area contributed by atoms with E-state index in [1.54, 1.807) is 6.20 Å². The van der Waals surface area contributed by atoms with Crippen molar-refractivity contribution in [3.05, 3.63) is 42.1 Å². The van der Waals surface area contributed by atoms with E-state index in [1.807, 2.05) is 24.3 Å². The first-order valence-corrected chi connectivity index (χ1v) is 6.26. The van der Waals surface area contributed by atoms with Crippen LogP contribution in [0.2, 0.25) is 0 Å². The molecule has 0 radical (unpaired) electrons. The first kappa shape index (κ1) is 13.5. The molecule has 5 heteroatoms. The summed E-state index contributed by atoms with van der Waals surface area (Å²) >= 11 is 0. The minimum absolute atomic E-state index is 0.396. The molecule has 0 saturated carbocycles. The number of primary amides is 1. The van der Waals surface area contributed by atoms with Crippen LogP contribution in [0.25, 0.3) is 10.9 Å². The largest absolute Gasteiger partial charge is 0.368 e. The van der Waals surface area contributed by atoms with Crippen molar-refractivity contribution in [2.45, 2.75) is 12.5 Å². The molecule has 1 heterocycles. The Morgan fingerprint density at radius 3 is 2.89 bits per heavy atom. The first-order chi connectivity index (χ1) is 9.18. The van der Waals surface area contributed by atoms with E-state index in [2.05, 4.69) is 16.4 Å². The lowest BCUT2D eigenvalue weighted by atomic mass is 10.1. The van der Waals surface area contributed by atoms with Gasteiger partial charge in [-0.15, -0.1) is 0 Å². The van der Waals surface area contributed by atoms with E-state index in [0.29, 0.717) is 6.54 Å². The second-order valence-corrected chi connectivity index (χ2v) is 4.46. The number of carbonyl (C=O) groups excluding carboxylic acids is 1. The van der Waals surface area contributed by atoms with Crippen molar-refractivity contribution in [3.8, 4) is 0 Å². The van der Waals surface area contributed by atoms with Gasteiger partial charge in [-0.25, -0.2) is 0 Å². The summed E-state index contributed by atoms with van der Waals surface area (Å²) in [5, 5.41) is 4.26. The van der Waals surface area contributed by atoms with Crippen LogP contribution in [0.1, 0.15) is 5.56 Å². The highest BCUT2D eigenvalue weighted by Gasteiger charge is 2.08. The lowest BCUT2D eigenvalue weighted by Gasteiger charge is -2.10. The van der Waals surface area contributed by atoms with Crippen LogP contribution in [0.5, 0.6) is 0 Å². The van der Waals surface area contributed by atoms with Gasteiger partial charge in [-0.3, -0.25) is 9.78 Å². The summed E-state index contributed by atoms with van der Waals surface area (Å²) in [6, 6.07) is 9.46. The van der Waals surface area contributed by atoms with E-state index < -0.39 is 11.9 Å². The quantitative estimate of drug-likeness (QED) is 0.644. The van der Waals surface area contributed by atoms with E-state index in [1.165, 1.54) is 5.56 Å². The van der Waals surface area contributed by atoms with Crippen LogP contribution in [0, 0.1) is 0 Å². The third-order valence-corrected chi connectivity index (χ3v) is 3.02. The zero-order valence-electron chi connectivity index (χ0n) is 10.7. The van der Waals surface area contributed by atoms with Crippen LogP contribution in [0.15, 0.2) is 36.5 Å². The summed E-state index contributed by atoms with van der Waals surface area (Å²) in [5.74, 6) is -0.487. The van der Waals surface area contributed by atoms with Gasteiger partial charge in [0.2, 0.25) is 5.91 Å². The third kappa shape index (κ3) is 3.49. The molecule has 5 N–H and O–H groups in total. The number of fused-ring (bicyclic) bond motifs is 1. The summed E-state index contributed by atoms with van der Waals surface area (Å²) in [4.78, 5) is 15.2. The fraction of sp³-hybridized carbons (Fsp3) is 0.286. The van der Waals surface area contributed by atoms with Crippen molar-refractivity contribution in [2.24, 2.45) is 11.5 Å². The van der Waals surface area contributed by atoms with Crippen LogP contribution in [0.3, 0.4) is 0 Å². The van der Waals surface area contributed by atoms with Gasteiger partial charge < -0.3 is 16.8 Å². The molecule has 2 aromatic rings. The molecule has 0 aliphatic heterocycles. The average Bonchev–Trinajstić information content (AvgIpc) is 2.43. The van der Waals surface area contributed by atoms with Gasteiger partial charge >= 0.3 is 0 Å². The Morgan fingerprint density at radius 1 is 1.32 bits per heavy atom. The normalized spacial score (nSPS) is 12.5. The van der Waals surface area contributed by atoms with Crippen molar-refractivity contribution >= 4 is 16.8 Å². The Balaban J connectivity index is 1.93. The topological polar surface area (TPSA) is 94.0 Å². The zero-order valence-corrected chi connectivity index (χ0v) is 10.7. The summed E-state index contributed by atoms with van der Waals surface area (Å²) in [7, 11) is 0. The number of rotatable bonds is 6. The van der Waals surface area contributed by atoms with Crippen LogP contribution < -0.4 is 16.8 Å². The Bertz CT molecular complexity index is 565. The lowest BCUT2D eigenvalue weighted by molar-refractivity contribution is -0.119. The van der Waals surface area contributed by atoms with Gasteiger partial charge in [0.1, 0.15) is 0 Å². The number of pyridine rings is 1. The van der Waals surface area contributed by atoms with Crippen molar-refractivity contribution in [3.63, 3.8) is 0 Å². The summed E-state index contributed by atoms with van der Waals surface area (Å²) in [6.45, 7) is 1.13. The van der Waals surface area contributed by atoms with Crippen LogP contribution in [-0.4, -0.2) is 30.0 Å². The number of aromatic nitrogens is 1. The molecule has 1 aromatic carbocycles. The summed E-state index contributed by atoms with van der Waals surface area (Å²) in [5.41, 5.74) is 12.8. The van der Waals surface area contributed by atoms with Gasteiger partial charge in [0.25, 0.3) is 0 Å². The predicted molar refractivity (Wildman–Crippen MR) is 75.5 cm³/mol.